The van der Waals surface area contributed by atoms with Gasteiger partial charge in [-0.3, -0.25) is 4.72 Å². The largest absolute Gasteiger partial charge is 0.497 e. The van der Waals surface area contributed by atoms with Crippen molar-refractivity contribution < 1.29 is 22.7 Å². The van der Waals surface area contributed by atoms with E-state index in [1.165, 1.54) is 26.4 Å². The minimum atomic E-state index is -3.83. The van der Waals surface area contributed by atoms with Crippen LogP contribution in [0.25, 0.3) is 0 Å². The standard InChI is InChI=1S/C16H17NO5S/c1-11-4-5-12(16(18)22-3)10-15(11)23(19,20)17-13-6-8-14(21-2)9-7-13/h4-10,17H,1-3H3. The smallest absolute Gasteiger partial charge is 0.337 e. The zero-order valence-electron chi connectivity index (χ0n) is 13.0. The molecule has 2 rings (SSSR count). The number of hydrogen-bond acceptors (Lipinski definition) is 5. The Morgan fingerprint density at radius 3 is 2.26 bits per heavy atom. The third-order valence-corrected chi connectivity index (χ3v) is 4.76. The lowest BCUT2D eigenvalue weighted by Crippen LogP contribution is -2.15. The molecule has 0 fully saturated rings. The number of aryl methyl sites for hydroxylation is 1. The summed E-state index contributed by atoms with van der Waals surface area (Å²) in [5, 5.41) is 0. The van der Waals surface area contributed by atoms with Crippen molar-refractivity contribution in [3.63, 3.8) is 0 Å². The molecule has 0 saturated heterocycles. The lowest BCUT2D eigenvalue weighted by Gasteiger charge is -2.12. The second-order valence-corrected chi connectivity index (χ2v) is 6.46. The molecular formula is C16H17NO5S. The van der Waals surface area contributed by atoms with Gasteiger partial charge in [-0.1, -0.05) is 6.07 Å². The molecular weight excluding hydrogens is 318 g/mol. The number of nitrogens with one attached hydrogen (secondary N) is 1. The molecule has 7 heteroatoms. The highest BCUT2D eigenvalue weighted by atomic mass is 32.2. The van der Waals surface area contributed by atoms with Crippen molar-refractivity contribution in [2.45, 2.75) is 11.8 Å². The number of carbonyl (C=O) groups is 1. The van der Waals surface area contributed by atoms with Gasteiger partial charge in [0.05, 0.1) is 24.7 Å². The first-order valence-electron chi connectivity index (χ1n) is 6.73. The molecule has 0 aliphatic heterocycles. The van der Waals surface area contributed by atoms with E-state index in [1.807, 2.05) is 0 Å². The number of ether oxygens (including phenoxy) is 2. The average Bonchev–Trinajstić information content (AvgIpc) is 2.54. The summed E-state index contributed by atoms with van der Waals surface area (Å²) in [7, 11) is -1.06. The second kappa shape index (κ2) is 6.70. The van der Waals surface area contributed by atoms with Crippen molar-refractivity contribution in [3.8, 4) is 5.75 Å². The third kappa shape index (κ3) is 3.81. The van der Waals surface area contributed by atoms with Crippen LogP contribution in [-0.4, -0.2) is 28.6 Å². The van der Waals surface area contributed by atoms with Crippen LogP contribution in [0, 0.1) is 6.92 Å². The van der Waals surface area contributed by atoms with Crippen LogP contribution in [0.5, 0.6) is 5.75 Å². The highest BCUT2D eigenvalue weighted by Gasteiger charge is 2.19. The maximum atomic E-state index is 12.5. The SMILES string of the molecule is COC(=O)c1ccc(C)c(S(=O)(=O)Nc2ccc(OC)cc2)c1. The van der Waals surface area contributed by atoms with E-state index >= 15 is 0 Å². The van der Waals surface area contributed by atoms with Crippen molar-refractivity contribution >= 4 is 21.7 Å². The van der Waals surface area contributed by atoms with E-state index in [-0.39, 0.29) is 10.5 Å². The lowest BCUT2D eigenvalue weighted by molar-refractivity contribution is 0.0600. The van der Waals surface area contributed by atoms with Crippen molar-refractivity contribution in [2.75, 3.05) is 18.9 Å². The summed E-state index contributed by atoms with van der Waals surface area (Å²) < 4.78 is 37.2. The van der Waals surface area contributed by atoms with E-state index in [9.17, 15) is 13.2 Å². The molecule has 0 saturated carbocycles. The molecule has 0 radical (unpaired) electrons. The average molecular weight is 335 g/mol. The van der Waals surface area contributed by atoms with Crippen molar-refractivity contribution in [3.05, 3.63) is 53.6 Å². The van der Waals surface area contributed by atoms with Gasteiger partial charge >= 0.3 is 5.97 Å². The third-order valence-electron chi connectivity index (χ3n) is 3.24. The van der Waals surface area contributed by atoms with Gasteiger partial charge in [-0.15, -0.1) is 0 Å². The van der Waals surface area contributed by atoms with Crippen LogP contribution in [0.15, 0.2) is 47.4 Å². The number of benzene rings is 2. The molecule has 0 unspecified atom stereocenters. The molecule has 2 aromatic rings. The topological polar surface area (TPSA) is 81.7 Å². The first-order chi connectivity index (χ1) is 10.9. The maximum absolute atomic E-state index is 12.5. The summed E-state index contributed by atoms with van der Waals surface area (Å²) in [4.78, 5) is 11.6. The van der Waals surface area contributed by atoms with E-state index < -0.39 is 16.0 Å². The number of sulfonamides is 1. The van der Waals surface area contributed by atoms with Crippen LogP contribution in [0.4, 0.5) is 5.69 Å². The van der Waals surface area contributed by atoms with Crippen LogP contribution in [0.2, 0.25) is 0 Å². The summed E-state index contributed by atoms with van der Waals surface area (Å²) in [6, 6.07) is 10.9. The van der Waals surface area contributed by atoms with Gasteiger partial charge in [0.25, 0.3) is 10.0 Å². The number of anilines is 1. The molecule has 122 valence electrons. The molecule has 2 aromatic carbocycles. The minimum Gasteiger partial charge on any atom is -0.497 e. The molecule has 0 spiro atoms. The highest BCUT2D eigenvalue weighted by Crippen LogP contribution is 2.22. The van der Waals surface area contributed by atoms with E-state index in [0.29, 0.717) is 17.0 Å². The first-order valence-corrected chi connectivity index (χ1v) is 8.21. The fraction of sp³-hybridized carbons (Fsp3) is 0.188. The summed E-state index contributed by atoms with van der Waals surface area (Å²) >= 11 is 0. The molecule has 0 aromatic heterocycles. The molecule has 0 heterocycles. The minimum absolute atomic E-state index is 0.0243. The molecule has 0 amide bonds. The molecule has 0 aliphatic carbocycles. The van der Waals surface area contributed by atoms with Gasteiger partial charge < -0.3 is 9.47 Å². The van der Waals surface area contributed by atoms with Gasteiger partial charge in [-0.05, 0) is 48.9 Å². The molecule has 0 atom stereocenters. The van der Waals surface area contributed by atoms with Crippen LogP contribution in [-0.2, 0) is 14.8 Å². The quantitative estimate of drug-likeness (QED) is 0.849. The Kier molecular flexibility index (Phi) is 4.90. The Morgan fingerprint density at radius 1 is 1.04 bits per heavy atom. The molecule has 6 nitrogen and oxygen atoms in total. The Bertz CT molecular complexity index is 813. The summed E-state index contributed by atoms with van der Waals surface area (Å²) in [6.45, 7) is 1.66. The summed E-state index contributed by atoms with van der Waals surface area (Å²) in [5.41, 5.74) is 1.10. The molecule has 0 aliphatic rings. The Labute approximate surface area is 135 Å². The number of esters is 1. The van der Waals surface area contributed by atoms with Crippen molar-refractivity contribution in [2.24, 2.45) is 0 Å². The van der Waals surface area contributed by atoms with Gasteiger partial charge in [0.2, 0.25) is 0 Å². The van der Waals surface area contributed by atoms with Gasteiger partial charge in [-0.2, -0.15) is 0 Å². The highest BCUT2D eigenvalue weighted by molar-refractivity contribution is 7.92. The molecule has 0 bridgehead atoms. The Hall–Kier alpha value is -2.54. The number of hydrogen-bond donors (Lipinski definition) is 1. The van der Waals surface area contributed by atoms with E-state index in [1.54, 1.807) is 37.3 Å². The molecule has 1 N–H and O–H groups in total. The fourth-order valence-electron chi connectivity index (χ4n) is 2.00. The summed E-state index contributed by atoms with van der Waals surface area (Å²) in [5.74, 6) is 0.0303. The fourth-order valence-corrected chi connectivity index (χ4v) is 3.33. The van der Waals surface area contributed by atoms with Crippen molar-refractivity contribution in [1.82, 2.24) is 0 Å². The van der Waals surface area contributed by atoms with Gasteiger partial charge in [-0.25, -0.2) is 13.2 Å². The van der Waals surface area contributed by atoms with Gasteiger partial charge in [0.15, 0.2) is 0 Å². The van der Waals surface area contributed by atoms with E-state index in [0.717, 1.165) is 0 Å². The van der Waals surface area contributed by atoms with Crippen LogP contribution in [0.1, 0.15) is 15.9 Å². The van der Waals surface area contributed by atoms with Gasteiger partial charge in [0, 0.05) is 5.69 Å². The van der Waals surface area contributed by atoms with E-state index in [4.69, 9.17) is 4.74 Å². The molecule has 23 heavy (non-hydrogen) atoms. The zero-order chi connectivity index (χ0) is 17.0. The number of carbonyl (C=O) groups excluding carboxylic acids is 1. The predicted molar refractivity (Wildman–Crippen MR) is 86.3 cm³/mol. The monoisotopic (exact) mass is 335 g/mol. The Morgan fingerprint density at radius 2 is 1.70 bits per heavy atom. The normalized spacial score (nSPS) is 10.9. The zero-order valence-corrected chi connectivity index (χ0v) is 13.8. The van der Waals surface area contributed by atoms with Crippen LogP contribution < -0.4 is 9.46 Å². The Balaban J connectivity index is 2.36. The van der Waals surface area contributed by atoms with Gasteiger partial charge in [0.1, 0.15) is 5.75 Å². The maximum Gasteiger partial charge on any atom is 0.337 e. The second-order valence-electron chi connectivity index (χ2n) is 4.81. The first kappa shape index (κ1) is 16.8. The number of rotatable bonds is 5. The van der Waals surface area contributed by atoms with E-state index in [2.05, 4.69) is 9.46 Å². The number of methoxy groups -OCH3 is 2. The van der Waals surface area contributed by atoms with Crippen LogP contribution in [0.3, 0.4) is 0 Å². The predicted octanol–water partition coefficient (Wildman–Crippen LogP) is 2.59. The van der Waals surface area contributed by atoms with Crippen LogP contribution >= 0.6 is 0 Å². The lowest BCUT2D eigenvalue weighted by atomic mass is 10.1. The summed E-state index contributed by atoms with van der Waals surface area (Å²) in [6.07, 6.45) is 0. The van der Waals surface area contributed by atoms with Crippen molar-refractivity contribution in [1.29, 1.82) is 0 Å².